The molecule has 0 unspecified atom stereocenters. The van der Waals surface area contributed by atoms with Crippen LogP contribution >= 0.6 is 0 Å². The topological polar surface area (TPSA) is 29.1 Å². The van der Waals surface area contributed by atoms with Gasteiger partial charge in [-0.3, -0.25) is 8.93 Å². The van der Waals surface area contributed by atoms with Crippen molar-refractivity contribution >= 4 is 9.25 Å². The Morgan fingerprint density at radius 3 is 1.82 bits per heavy atom. The van der Waals surface area contributed by atoms with Crippen LogP contribution in [0.2, 0.25) is 0 Å². The lowest BCUT2D eigenvalue weighted by Gasteiger charge is -2.53. The molecule has 0 atom stereocenters. The molecule has 0 bridgehead atoms. The summed E-state index contributed by atoms with van der Waals surface area (Å²) < 4.78 is 16.6. The van der Waals surface area contributed by atoms with E-state index in [0.717, 1.165) is 18.6 Å². The fourth-order valence-corrected chi connectivity index (χ4v) is 8.92. The van der Waals surface area contributed by atoms with Crippen LogP contribution in [0.1, 0.15) is 54.4 Å². The van der Waals surface area contributed by atoms with Gasteiger partial charge in [-0.2, -0.15) is 0 Å². The van der Waals surface area contributed by atoms with Crippen LogP contribution in [0, 0.1) is 10.8 Å². The zero-order chi connectivity index (χ0) is 13.8. The normalized spacial score (nSPS) is 35.9. The number of hydrogen-bond acceptors (Lipinski definition) is 1. The molecule has 0 aromatic rings. The van der Waals surface area contributed by atoms with Crippen molar-refractivity contribution in [2.24, 2.45) is 10.8 Å². The fourth-order valence-electron chi connectivity index (χ4n) is 4.67. The fraction of sp³-hybridized carbons (Fsp3) is 1.00. The van der Waals surface area contributed by atoms with Gasteiger partial charge in [-0.25, -0.2) is 0 Å². The Kier molecular flexibility index (Phi) is 3.18. The summed E-state index contributed by atoms with van der Waals surface area (Å²) in [7, 11) is -2.72. The lowest BCUT2D eigenvalue weighted by Crippen LogP contribution is -2.62. The molecule has 2 nitrogen and oxygen atoms in total. The molecule has 1 aliphatic heterocycles. The molecule has 0 spiro atoms. The Morgan fingerprint density at radius 1 is 0.882 bits per heavy atom. The Labute approximate surface area is 107 Å². The first-order chi connectivity index (χ1) is 7.10. The monoisotopic (exact) mass is 261 g/mol. The molecule has 0 amide bonds. The van der Waals surface area contributed by atoms with Crippen molar-refractivity contribution in [2.75, 3.05) is 18.3 Å². The molecule has 1 N–H and O–H groups in total. The molecule has 1 saturated heterocycles. The average Bonchev–Trinajstić information content (AvgIpc) is 1.63. The summed E-state index contributed by atoms with van der Waals surface area (Å²) in [6.45, 7) is 13.5. The second-order valence-electron chi connectivity index (χ2n) is 8.88. The van der Waals surface area contributed by atoms with Gasteiger partial charge in [-0.1, -0.05) is 36.9 Å². The van der Waals surface area contributed by atoms with E-state index in [4.69, 9.17) is 0 Å². The van der Waals surface area contributed by atoms with Gasteiger partial charge in [-0.15, -0.1) is 0 Å². The zero-order valence-electron chi connectivity index (χ0n) is 12.9. The van der Waals surface area contributed by atoms with Crippen molar-refractivity contribution in [1.82, 2.24) is 4.72 Å². The summed E-state index contributed by atoms with van der Waals surface area (Å²) in [6, 6.07) is 0. The Bertz CT molecular complexity index is 346. The molecule has 1 heterocycles. The van der Waals surface area contributed by atoms with Crippen molar-refractivity contribution in [3.05, 3.63) is 0 Å². The van der Waals surface area contributed by atoms with Gasteiger partial charge in [0.2, 0.25) is 0 Å². The van der Waals surface area contributed by atoms with Crippen molar-refractivity contribution in [2.45, 2.75) is 59.9 Å². The second kappa shape index (κ2) is 3.57. The van der Waals surface area contributed by atoms with Crippen LogP contribution in [-0.2, 0) is 9.25 Å². The van der Waals surface area contributed by atoms with E-state index in [1.807, 2.05) is 12.5 Å². The minimum atomic E-state index is -2.72. The van der Waals surface area contributed by atoms with Gasteiger partial charge in [0.05, 0.1) is 0 Å². The van der Waals surface area contributed by atoms with E-state index in [0.29, 0.717) is 0 Å². The minimum Gasteiger partial charge on any atom is -0.269 e. The number of hydrogen-bond donors (Lipinski definition) is 1. The number of rotatable bonds is 0. The highest BCUT2D eigenvalue weighted by atomic mass is 32.3. The van der Waals surface area contributed by atoms with Gasteiger partial charge in [0, 0.05) is 23.8 Å². The van der Waals surface area contributed by atoms with Crippen LogP contribution in [0.3, 0.4) is 0 Å². The van der Waals surface area contributed by atoms with Crippen molar-refractivity contribution in [3.8, 4) is 0 Å². The van der Waals surface area contributed by atoms with E-state index < -0.39 is 9.25 Å². The maximum absolute atomic E-state index is 13.1. The smallest absolute Gasteiger partial charge is 0.0238 e. The van der Waals surface area contributed by atoms with Crippen LogP contribution in [0.25, 0.3) is 0 Å². The highest BCUT2D eigenvalue weighted by Crippen LogP contribution is 2.45. The average molecular weight is 261 g/mol. The highest BCUT2D eigenvalue weighted by Gasteiger charge is 2.44. The SMILES string of the molecule is CC1(C)CC(C)(C)CS(C)(C)(=O)NC(C)(C)C1. The molecule has 1 rings (SSSR count). The first-order valence-corrected chi connectivity index (χ1v) is 9.45. The Balaban J connectivity index is 3.17. The summed E-state index contributed by atoms with van der Waals surface area (Å²) in [5.41, 5.74) is 0.351. The van der Waals surface area contributed by atoms with Gasteiger partial charge in [-0.05, 0) is 37.5 Å². The van der Waals surface area contributed by atoms with Gasteiger partial charge in [0.1, 0.15) is 0 Å². The Morgan fingerprint density at radius 2 is 1.35 bits per heavy atom. The highest BCUT2D eigenvalue weighted by molar-refractivity contribution is 8.17. The molecule has 0 saturated carbocycles. The minimum absolute atomic E-state index is 0.0624. The van der Waals surface area contributed by atoms with Gasteiger partial charge < -0.3 is 0 Å². The molecule has 0 aromatic carbocycles. The molecule has 3 heteroatoms. The summed E-state index contributed by atoms with van der Waals surface area (Å²) in [5.74, 6) is 0.761. The van der Waals surface area contributed by atoms with Crippen LogP contribution in [-0.4, -0.2) is 28.0 Å². The van der Waals surface area contributed by atoms with E-state index in [1.165, 1.54) is 0 Å². The molecular formula is C14H31NOS. The lowest BCUT2D eigenvalue weighted by molar-refractivity contribution is 0.154. The van der Waals surface area contributed by atoms with Crippen molar-refractivity contribution in [3.63, 3.8) is 0 Å². The summed E-state index contributed by atoms with van der Waals surface area (Å²) in [4.78, 5) is 0. The van der Waals surface area contributed by atoms with Crippen LogP contribution in [0.15, 0.2) is 0 Å². The molecule has 1 aliphatic rings. The largest absolute Gasteiger partial charge is 0.269 e. The molecule has 0 aliphatic carbocycles. The van der Waals surface area contributed by atoms with E-state index in [2.05, 4.69) is 46.3 Å². The predicted molar refractivity (Wildman–Crippen MR) is 78.9 cm³/mol. The standard InChI is InChI=1S/C14H31NOS/c1-12(2)9-13(3,4)11-17(7,8,16)15-14(5,6)10-12/h9-11H2,1-8H3,(H,15,16). The van der Waals surface area contributed by atoms with Gasteiger partial charge in [0.15, 0.2) is 0 Å². The van der Waals surface area contributed by atoms with Crippen molar-refractivity contribution in [1.29, 1.82) is 0 Å². The number of nitrogens with one attached hydrogen (secondary N) is 1. The molecule has 1 fully saturated rings. The second-order valence-corrected chi connectivity index (χ2v) is 13.5. The molecular weight excluding hydrogens is 230 g/mol. The first kappa shape index (κ1) is 15.2. The predicted octanol–water partition coefficient (Wildman–Crippen LogP) is 3.20. The van der Waals surface area contributed by atoms with E-state index in [-0.39, 0.29) is 16.4 Å². The van der Waals surface area contributed by atoms with Crippen molar-refractivity contribution < 1.29 is 4.21 Å². The molecule has 104 valence electrons. The van der Waals surface area contributed by atoms with E-state index >= 15 is 0 Å². The van der Waals surface area contributed by atoms with Gasteiger partial charge >= 0.3 is 0 Å². The molecule has 17 heavy (non-hydrogen) atoms. The summed E-state index contributed by atoms with van der Waals surface area (Å²) >= 11 is 0. The zero-order valence-corrected chi connectivity index (χ0v) is 13.8. The third kappa shape index (κ3) is 4.70. The maximum Gasteiger partial charge on any atom is 0.0238 e. The molecule has 0 aromatic heterocycles. The van der Waals surface area contributed by atoms with Crippen LogP contribution < -0.4 is 4.72 Å². The first-order valence-electron chi connectivity index (χ1n) is 6.49. The van der Waals surface area contributed by atoms with E-state index in [9.17, 15) is 4.21 Å². The quantitative estimate of drug-likeness (QED) is 0.713. The van der Waals surface area contributed by atoms with E-state index in [1.54, 1.807) is 0 Å². The molecule has 0 radical (unpaired) electrons. The van der Waals surface area contributed by atoms with Gasteiger partial charge in [0.25, 0.3) is 0 Å². The summed E-state index contributed by atoms with van der Waals surface area (Å²) in [5, 5.41) is 0. The Hall–Kier alpha value is 0.110. The summed E-state index contributed by atoms with van der Waals surface area (Å²) in [6.07, 6.45) is 6.01. The lowest BCUT2D eigenvalue weighted by atomic mass is 9.70. The third-order valence-corrected chi connectivity index (χ3v) is 6.09. The van der Waals surface area contributed by atoms with Crippen LogP contribution in [0.4, 0.5) is 0 Å². The maximum atomic E-state index is 13.1. The van der Waals surface area contributed by atoms with Crippen LogP contribution in [0.5, 0.6) is 0 Å². The third-order valence-electron chi connectivity index (χ3n) is 3.28.